The van der Waals surface area contributed by atoms with Gasteiger partial charge < -0.3 is 19.7 Å². The molecule has 1 amide bonds. The number of amides is 1. The summed E-state index contributed by atoms with van der Waals surface area (Å²) >= 11 is 0. The summed E-state index contributed by atoms with van der Waals surface area (Å²) in [6.45, 7) is 5.26. The fourth-order valence-electron chi connectivity index (χ4n) is 2.90. The third-order valence-corrected chi connectivity index (χ3v) is 4.47. The van der Waals surface area contributed by atoms with Crippen molar-refractivity contribution in [3.63, 3.8) is 0 Å². The summed E-state index contributed by atoms with van der Waals surface area (Å²) in [4.78, 5) is 14.7. The Balaban J connectivity index is 1.61. The van der Waals surface area contributed by atoms with E-state index in [4.69, 9.17) is 9.47 Å². The van der Waals surface area contributed by atoms with Gasteiger partial charge in [0.1, 0.15) is 5.75 Å². The Hall–Kier alpha value is -2.53. The van der Waals surface area contributed by atoms with Gasteiger partial charge in [-0.05, 0) is 48.9 Å². The van der Waals surface area contributed by atoms with Gasteiger partial charge in [-0.2, -0.15) is 0 Å². The van der Waals surface area contributed by atoms with Crippen LogP contribution in [0.3, 0.4) is 0 Å². The normalized spacial score (nSPS) is 15.5. The molecule has 3 rings (SSSR count). The first-order valence-electron chi connectivity index (χ1n) is 8.55. The number of nitrogens with one attached hydrogen (secondary N) is 1. The number of anilines is 1. The zero-order valence-corrected chi connectivity index (χ0v) is 14.7. The van der Waals surface area contributed by atoms with Gasteiger partial charge in [0.25, 0.3) is 5.91 Å². The van der Waals surface area contributed by atoms with Crippen LogP contribution in [-0.4, -0.2) is 39.3 Å². The predicted octanol–water partition coefficient (Wildman–Crippen LogP) is 3.02. The topological polar surface area (TPSA) is 50.8 Å². The van der Waals surface area contributed by atoms with Gasteiger partial charge in [-0.3, -0.25) is 4.79 Å². The molecule has 0 radical (unpaired) electrons. The van der Waals surface area contributed by atoms with E-state index in [1.54, 1.807) is 7.11 Å². The Labute approximate surface area is 148 Å². The molecule has 0 aliphatic carbocycles. The van der Waals surface area contributed by atoms with E-state index < -0.39 is 0 Å². The summed E-state index contributed by atoms with van der Waals surface area (Å²) in [6, 6.07) is 15.4. The van der Waals surface area contributed by atoms with E-state index in [1.165, 1.54) is 0 Å². The molecular formula is C20H24N2O3. The summed E-state index contributed by atoms with van der Waals surface area (Å²) in [5.74, 6) is 0.734. The molecule has 1 heterocycles. The molecule has 0 bridgehead atoms. The maximum atomic E-state index is 12.5. The standard InChI is InChI=1S/C20H24N2O3/c1-15(16-5-9-19(24-2)10-6-16)21-20(23)17-3-7-18(8-4-17)22-11-13-25-14-12-22/h3-10,15H,11-14H2,1-2H3,(H,21,23). The van der Waals surface area contributed by atoms with Crippen LogP contribution in [0.15, 0.2) is 48.5 Å². The molecule has 1 N–H and O–H groups in total. The highest BCUT2D eigenvalue weighted by molar-refractivity contribution is 5.94. The highest BCUT2D eigenvalue weighted by Gasteiger charge is 2.14. The second-order valence-electron chi connectivity index (χ2n) is 6.11. The molecule has 0 saturated carbocycles. The average Bonchev–Trinajstić information content (AvgIpc) is 2.68. The van der Waals surface area contributed by atoms with Crippen LogP contribution in [0.1, 0.15) is 28.9 Å². The maximum absolute atomic E-state index is 12.5. The van der Waals surface area contributed by atoms with Gasteiger partial charge in [0.2, 0.25) is 0 Å². The van der Waals surface area contributed by atoms with Gasteiger partial charge in [-0.1, -0.05) is 12.1 Å². The largest absolute Gasteiger partial charge is 0.497 e. The minimum Gasteiger partial charge on any atom is -0.497 e. The van der Waals surface area contributed by atoms with E-state index >= 15 is 0 Å². The first-order chi connectivity index (χ1) is 12.2. The van der Waals surface area contributed by atoms with Crippen molar-refractivity contribution >= 4 is 11.6 Å². The Morgan fingerprint density at radius 1 is 1.08 bits per heavy atom. The quantitative estimate of drug-likeness (QED) is 0.909. The van der Waals surface area contributed by atoms with Crippen LogP contribution in [-0.2, 0) is 4.74 Å². The van der Waals surface area contributed by atoms with Crippen LogP contribution < -0.4 is 15.0 Å². The number of rotatable bonds is 5. The molecule has 132 valence electrons. The van der Waals surface area contributed by atoms with Crippen LogP contribution in [0.2, 0.25) is 0 Å². The fraction of sp³-hybridized carbons (Fsp3) is 0.350. The van der Waals surface area contributed by atoms with Crippen LogP contribution in [0.25, 0.3) is 0 Å². The summed E-state index contributed by atoms with van der Waals surface area (Å²) < 4.78 is 10.5. The molecule has 0 spiro atoms. The lowest BCUT2D eigenvalue weighted by Crippen LogP contribution is -2.36. The lowest BCUT2D eigenvalue weighted by molar-refractivity contribution is 0.0940. The lowest BCUT2D eigenvalue weighted by atomic mass is 10.1. The predicted molar refractivity (Wildman–Crippen MR) is 98.3 cm³/mol. The maximum Gasteiger partial charge on any atom is 0.251 e. The SMILES string of the molecule is COc1ccc(C(C)NC(=O)c2ccc(N3CCOCC3)cc2)cc1. The number of benzene rings is 2. The second-order valence-corrected chi connectivity index (χ2v) is 6.11. The fourth-order valence-corrected chi connectivity index (χ4v) is 2.90. The van der Waals surface area contributed by atoms with Crippen LogP contribution in [0, 0.1) is 0 Å². The third kappa shape index (κ3) is 4.31. The highest BCUT2D eigenvalue weighted by atomic mass is 16.5. The summed E-state index contributed by atoms with van der Waals surface area (Å²) in [6.07, 6.45) is 0. The van der Waals surface area contributed by atoms with Gasteiger partial charge in [-0.25, -0.2) is 0 Å². The number of hydrogen-bond donors (Lipinski definition) is 1. The molecule has 5 heteroatoms. The Kier molecular flexibility index (Phi) is 5.56. The minimum atomic E-state index is -0.0724. The molecule has 1 unspecified atom stereocenters. The first-order valence-corrected chi connectivity index (χ1v) is 8.55. The monoisotopic (exact) mass is 340 g/mol. The Morgan fingerprint density at radius 3 is 2.32 bits per heavy atom. The Bertz CT molecular complexity index is 692. The number of morpholine rings is 1. The number of hydrogen-bond acceptors (Lipinski definition) is 4. The van der Waals surface area contributed by atoms with E-state index in [1.807, 2.05) is 55.5 Å². The number of methoxy groups -OCH3 is 1. The molecule has 1 saturated heterocycles. The van der Waals surface area contributed by atoms with E-state index in [2.05, 4.69) is 10.2 Å². The van der Waals surface area contributed by atoms with Gasteiger partial charge >= 0.3 is 0 Å². The number of ether oxygens (including phenoxy) is 2. The molecule has 1 fully saturated rings. The van der Waals surface area contributed by atoms with Gasteiger partial charge in [0, 0.05) is 24.3 Å². The Morgan fingerprint density at radius 2 is 1.72 bits per heavy atom. The number of nitrogens with zero attached hydrogens (tertiary/aromatic N) is 1. The van der Waals surface area contributed by atoms with E-state index in [9.17, 15) is 4.79 Å². The molecule has 5 nitrogen and oxygen atoms in total. The molecule has 2 aromatic rings. The van der Waals surface area contributed by atoms with Crippen molar-refractivity contribution in [1.29, 1.82) is 0 Å². The highest BCUT2D eigenvalue weighted by Crippen LogP contribution is 2.19. The minimum absolute atomic E-state index is 0.0719. The average molecular weight is 340 g/mol. The number of carbonyl (C=O) groups is 1. The zero-order valence-electron chi connectivity index (χ0n) is 14.7. The summed E-state index contributed by atoms with van der Waals surface area (Å²) in [5.41, 5.74) is 2.83. The molecule has 1 aliphatic rings. The van der Waals surface area contributed by atoms with E-state index in [0.29, 0.717) is 5.56 Å². The second kappa shape index (κ2) is 8.03. The molecule has 0 aromatic heterocycles. The van der Waals surface area contributed by atoms with Crippen molar-refractivity contribution in [3.8, 4) is 5.75 Å². The summed E-state index contributed by atoms with van der Waals surface area (Å²) in [7, 11) is 1.64. The molecule has 2 aromatic carbocycles. The van der Waals surface area contributed by atoms with Crippen LogP contribution >= 0.6 is 0 Å². The van der Waals surface area contributed by atoms with Gasteiger partial charge in [0.05, 0.1) is 26.4 Å². The van der Waals surface area contributed by atoms with Crippen molar-refractivity contribution in [2.45, 2.75) is 13.0 Å². The summed E-state index contributed by atoms with van der Waals surface area (Å²) in [5, 5.41) is 3.04. The van der Waals surface area contributed by atoms with Crippen molar-refractivity contribution in [2.24, 2.45) is 0 Å². The first kappa shape index (κ1) is 17.3. The third-order valence-electron chi connectivity index (χ3n) is 4.47. The number of carbonyl (C=O) groups excluding carboxylic acids is 1. The zero-order chi connectivity index (χ0) is 17.6. The van der Waals surface area contributed by atoms with Gasteiger partial charge in [-0.15, -0.1) is 0 Å². The van der Waals surface area contributed by atoms with Gasteiger partial charge in [0.15, 0.2) is 0 Å². The van der Waals surface area contributed by atoms with Crippen molar-refractivity contribution in [3.05, 3.63) is 59.7 Å². The smallest absolute Gasteiger partial charge is 0.251 e. The van der Waals surface area contributed by atoms with E-state index in [-0.39, 0.29) is 11.9 Å². The van der Waals surface area contributed by atoms with Crippen molar-refractivity contribution < 1.29 is 14.3 Å². The molecule has 1 atom stereocenters. The van der Waals surface area contributed by atoms with E-state index in [0.717, 1.165) is 43.3 Å². The molecular weight excluding hydrogens is 316 g/mol. The lowest BCUT2D eigenvalue weighted by Gasteiger charge is -2.28. The van der Waals surface area contributed by atoms with Crippen LogP contribution in [0.5, 0.6) is 5.75 Å². The van der Waals surface area contributed by atoms with Crippen molar-refractivity contribution in [1.82, 2.24) is 5.32 Å². The molecule has 1 aliphatic heterocycles. The molecule has 25 heavy (non-hydrogen) atoms. The van der Waals surface area contributed by atoms with Crippen molar-refractivity contribution in [2.75, 3.05) is 38.3 Å². The van der Waals surface area contributed by atoms with Crippen LogP contribution in [0.4, 0.5) is 5.69 Å².